The number of hydrogen-bond acceptors (Lipinski definition) is 6. The fourth-order valence-corrected chi connectivity index (χ4v) is 5.70. The zero-order valence-corrected chi connectivity index (χ0v) is 23.1. The molecule has 0 N–H and O–H groups in total. The molecular weight excluding hydrogens is 498 g/mol. The molecule has 9 nitrogen and oxygen atoms in total. The Balaban J connectivity index is 1.55. The number of carbonyl (C=O) groups is 4. The van der Waals surface area contributed by atoms with Crippen LogP contribution in [0.15, 0.2) is 48.5 Å². The van der Waals surface area contributed by atoms with Crippen molar-refractivity contribution in [2.24, 2.45) is 5.92 Å². The third-order valence-corrected chi connectivity index (χ3v) is 8.09. The van der Waals surface area contributed by atoms with Crippen LogP contribution in [0.2, 0.25) is 0 Å². The first-order chi connectivity index (χ1) is 18.7. The van der Waals surface area contributed by atoms with Crippen LogP contribution in [0.3, 0.4) is 0 Å². The van der Waals surface area contributed by atoms with Gasteiger partial charge in [-0.3, -0.25) is 14.4 Å². The van der Waals surface area contributed by atoms with Gasteiger partial charge in [-0.2, -0.15) is 0 Å². The average molecular weight is 536 g/mol. The predicted molar refractivity (Wildman–Crippen MR) is 146 cm³/mol. The van der Waals surface area contributed by atoms with E-state index in [0.29, 0.717) is 62.3 Å². The minimum Gasteiger partial charge on any atom is -0.497 e. The van der Waals surface area contributed by atoms with E-state index in [2.05, 4.69) is 0 Å². The number of methoxy groups -OCH3 is 2. The molecule has 2 atom stereocenters. The van der Waals surface area contributed by atoms with E-state index in [1.54, 1.807) is 60.2 Å². The minimum atomic E-state index is -0.415. The number of nitrogens with zero attached hydrogens (tertiary/aromatic N) is 3. The van der Waals surface area contributed by atoms with Crippen LogP contribution in [0, 0.1) is 5.92 Å². The average Bonchev–Trinajstić information content (AvgIpc) is 2.99. The highest BCUT2D eigenvalue weighted by Gasteiger charge is 2.39. The van der Waals surface area contributed by atoms with Gasteiger partial charge in [0.25, 0.3) is 5.91 Å². The van der Waals surface area contributed by atoms with Crippen molar-refractivity contribution in [1.82, 2.24) is 14.7 Å². The van der Waals surface area contributed by atoms with Gasteiger partial charge in [-0.1, -0.05) is 12.1 Å². The van der Waals surface area contributed by atoms with E-state index < -0.39 is 5.97 Å². The van der Waals surface area contributed by atoms with Crippen molar-refractivity contribution in [2.75, 3.05) is 47.4 Å². The lowest BCUT2D eigenvalue weighted by Gasteiger charge is -2.44. The predicted octanol–water partition coefficient (Wildman–Crippen LogP) is 3.20. The second-order valence-electron chi connectivity index (χ2n) is 10.3. The van der Waals surface area contributed by atoms with Gasteiger partial charge in [0.05, 0.1) is 19.8 Å². The van der Waals surface area contributed by atoms with Crippen molar-refractivity contribution in [1.29, 1.82) is 0 Å². The molecule has 208 valence electrons. The third kappa shape index (κ3) is 6.24. The fraction of sp³-hybridized carbons (Fsp3) is 0.467. The van der Waals surface area contributed by atoms with Crippen LogP contribution in [-0.2, 0) is 14.3 Å². The summed E-state index contributed by atoms with van der Waals surface area (Å²) in [5.74, 6) is 0.0620. The second kappa shape index (κ2) is 12.3. The van der Waals surface area contributed by atoms with Gasteiger partial charge in [-0.25, -0.2) is 4.79 Å². The zero-order valence-electron chi connectivity index (χ0n) is 23.1. The number of carbonyl (C=O) groups excluding carboxylic acids is 4. The molecule has 3 amide bonds. The van der Waals surface area contributed by atoms with Crippen LogP contribution in [0.1, 0.15) is 58.4 Å². The number of hydrogen-bond donors (Lipinski definition) is 0. The summed E-state index contributed by atoms with van der Waals surface area (Å²) in [6, 6.07) is 14.1. The quantitative estimate of drug-likeness (QED) is 0.527. The normalized spacial score (nSPS) is 19.8. The van der Waals surface area contributed by atoms with E-state index in [1.165, 1.54) is 7.11 Å². The SMILES string of the molecule is COC(=O)c1ccc([C@@H]2CN(C(=O)C3CCN(C(C)=O)CC3)CC[C@H]2N(C)C(=O)c2ccc(OC)cc2)cc1. The third-order valence-electron chi connectivity index (χ3n) is 8.09. The van der Waals surface area contributed by atoms with Gasteiger partial charge < -0.3 is 24.2 Å². The Hall–Kier alpha value is -3.88. The van der Waals surface area contributed by atoms with Crippen LogP contribution in [-0.4, -0.2) is 91.9 Å². The first-order valence-corrected chi connectivity index (χ1v) is 13.4. The molecule has 0 radical (unpaired) electrons. The molecular formula is C30H37N3O6. The lowest BCUT2D eigenvalue weighted by atomic mass is 9.83. The summed E-state index contributed by atoms with van der Waals surface area (Å²) in [7, 11) is 4.74. The Labute approximate surface area is 229 Å². The Morgan fingerprint density at radius 2 is 1.41 bits per heavy atom. The van der Waals surface area contributed by atoms with Gasteiger partial charge in [0, 0.05) is 63.6 Å². The zero-order chi connectivity index (χ0) is 28.1. The van der Waals surface area contributed by atoms with Crippen LogP contribution in [0.25, 0.3) is 0 Å². The molecule has 0 bridgehead atoms. The second-order valence-corrected chi connectivity index (χ2v) is 10.3. The summed E-state index contributed by atoms with van der Waals surface area (Å²) in [5, 5.41) is 0. The molecule has 0 saturated carbocycles. The maximum absolute atomic E-state index is 13.5. The van der Waals surface area contributed by atoms with E-state index in [-0.39, 0.29) is 35.6 Å². The largest absolute Gasteiger partial charge is 0.497 e. The van der Waals surface area contributed by atoms with Gasteiger partial charge >= 0.3 is 5.97 Å². The highest BCUT2D eigenvalue weighted by Crippen LogP contribution is 2.33. The Morgan fingerprint density at radius 1 is 0.821 bits per heavy atom. The summed E-state index contributed by atoms with van der Waals surface area (Å²) in [4.78, 5) is 56.2. The number of likely N-dealkylation sites (N-methyl/N-ethyl adjacent to an activating group) is 1. The molecule has 2 fully saturated rings. The number of esters is 1. The first-order valence-electron chi connectivity index (χ1n) is 13.4. The lowest BCUT2D eigenvalue weighted by molar-refractivity contribution is -0.141. The van der Waals surface area contributed by atoms with Gasteiger partial charge in [0.2, 0.25) is 11.8 Å². The Kier molecular flexibility index (Phi) is 8.89. The Bertz CT molecular complexity index is 1190. The molecule has 0 unspecified atom stereocenters. The molecule has 4 rings (SSSR count). The summed E-state index contributed by atoms with van der Waals surface area (Å²) in [6.45, 7) is 3.77. The molecule has 2 aromatic carbocycles. The summed E-state index contributed by atoms with van der Waals surface area (Å²) in [5.41, 5.74) is 1.96. The smallest absolute Gasteiger partial charge is 0.337 e. The molecule has 2 heterocycles. The number of likely N-dealkylation sites (tertiary alicyclic amines) is 2. The summed E-state index contributed by atoms with van der Waals surface area (Å²) in [6.07, 6.45) is 1.94. The van der Waals surface area contributed by atoms with Crippen molar-refractivity contribution >= 4 is 23.7 Å². The topological polar surface area (TPSA) is 96.5 Å². The lowest BCUT2D eigenvalue weighted by Crippen LogP contribution is -2.53. The number of ether oxygens (including phenoxy) is 2. The maximum atomic E-state index is 13.5. The van der Waals surface area contributed by atoms with E-state index in [4.69, 9.17) is 9.47 Å². The fourth-order valence-electron chi connectivity index (χ4n) is 5.70. The number of piperidine rings is 2. The molecule has 2 saturated heterocycles. The van der Waals surface area contributed by atoms with E-state index in [0.717, 1.165) is 5.56 Å². The van der Waals surface area contributed by atoms with Crippen molar-refractivity contribution < 1.29 is 28.7 Å². The molecule has 2 aliphatic heterocycles. The molecule has 0 aliphatic carbocycles. The monoisotopic (exact) mass is 535 g/mol. The molecule has 9 heteroatoms. The van der Waals surface area contributed by atoms with Gasteiger partial charge in [-0.05, 0) is 61.2 Å². The summed E-state index contributed by atoms with van der Waals surface area (Å²) < 4.78 is 10.1. The van der Waals surface area contributed by atoms with Gasteiger partial charge in [-0.15, -0.1) is 0 Å². The van der Waals surface area contributed by atoms with E-state index in [1.807, 2.05) is 24.1 Å². The van der Waals surface area contributed by atoms with Crippen LogP contribution >= 0.6 is 0 Å². The van der Waals surface area contributed by atoms with Crippen molar-refractivity contribution in [3.05, 3.63) is 65.2 Å². The number of rotatable bonds is 6. The van der Waals surface area contributed by atoms with Crippen molar-refractivity contribution in [3.8, 4) is 5.75 Å². The molecule has 2 aliphatic rings. The van der Waals surface area contributed by atoms with Gasteiger partial charge in [0.15, 0.2) is 0 Å². The highest BCUT2D eigenvalue weighted by molar-refractivity contribution is 5.94. The van der Waals surface area contributed by atoms with Crippen molar-refractivity contribution in [2.45, 2.75) is 38.1 Å². The first kappa shape index (κ1) is 28.1. The van der Waals surface area contributed by atoms with E-state index >= 15 is 0 Å². The number of benzene rings is 2. The number of amides is 3. The van der Waals surface area contributed by atoms with Crippen molar-refractivity contribution in [3.63, 3.8) is 0 Å². The highest BCUT2D eigenvalue weighted by atomic mass is 16.5. The molecule has 2 aromatic rings. The standard InChI is InChI=1S/C30H37N3O6/c1-20(34)32-16-13-23(14-17-32)29(36)33-18-15-27(31(2)28(35)22-9-11-25(38-3)12-10-22)26(19-33)21-5-7-24(8-6-21)30(37)39-4/h5-12,23,26-27H,13-19H2,1-4H3/t26-,27+/m0/s1. The van der Waals surface area contributed by atoms with Crippen LogP contribution in [0.4, 0.5) is 0 Å². The molecule has 39 heavy (non-hydrogen) atoms. The maximum Gasteiger partial charge on any atom is 0.337 e. The van der Waals surface area contributed by atoms with Gasteiger partial charge in [0.1, 0.15) is 5.75 Å². The van der Waals surface area contributed by atoms with Crippen LogP contribution < -0.4 is 4.74 Å². The van der Waals surface area contributed by atoms with E-state index in [9.17, 15) is 19.2 Å². The minimum absolute atomic E-state index is 0.0433. The van der Waals surface area contributed by atoms with Crippen LogP contribution in [0.5, 0.6) is 5.75 Å². The summed E-state index contributed by atoms with van der Waals surface area (Å²) >= 11 is 0. The molecule has 0 spiro atoms. The molecule has 0 aromatic heterocycles. The Morgan fingerprint density at radius 3 is 1.97 bits per heavy atom.